The van der Waals surface area contributed by atoms with Crippen molar-refractivity contribution in [3.05, 3.63) is 66.5 Å². The molecule has 1 aromatic carbocycles. The molecular weight excluding hydrogens is 258 g/mol. The molecule has 0 aliphatic heterocycles. The van der Waals surface area contributed by atoms with Gasteiger partial charge < -0.3 is 9.72 Å². The fourth-order valence-electron chi connectivity index (χ4n) is 4.28. The van der Waals surface area contributed by atoms with E-state index < -0.39 is 0 Å². The monoisotopic (exact) mass is 275 g/mol. The van der Waals surface area contributed by atoms with Crippen molar-refractivity contribution >= 4 is 10.9 Å². The summed E-state index contributed by atoms with van der Waals surface area (Å²) >= 11 is 0. The van der Waals surface area contributed by atoms with E-state index in [-0.39, 0.29) is 5.41 Å². The van der Waals surface area contributed by atoms with Crippen molar-refractivity contribution < 1.29 is 4.74 Å². The molecule has 3 aliphatic rings. The predicted molar refractivity (Wildman–Crippen MR) is 83.9 cm³/mol. The first-order valence-electron chi connectivity index (χ1n) is 7.67. The molecule has 1 heterocycles. The Hall–Kier alpha value is -2.22. The van der Waals surface area contributed by atoms with Crippen molar-refractivity contribution in [3.8, 4) is 5.88 Å². The number of allylic oxidation sites excluding steroid dienone is 5. The minimum atomic E-state index is 0.108. The molecule has 0 amide bonds. The molecule has 3 atom stereocenters. The quantitative estimate of drug-likeness (QED) is 0.852. The number of hydrogen-bond acceptors (Lipinski definition) is 1. The van der Waals surface area contributed by atoms with Gasteiger partial charge in [-0.25, -0.2) is 0 Å². The Kier molecular flexibility index (Phi) is 2.13. The highest BCUT2D eigenvalue weighted by molar-refractivity contribution is 5.81. The van der Waals surface area contributed by atoms with Crippen LogP contribution in [0.4, 0.5) is 0 Å². The maximum Gasteiger partial charge on any atom is 0.198 e. The second-order valence-corrected chi connectivity index (χ2v) is 6.44. The van der Waals surface area contributed by atoms with E-state index in [2.05, 4.69) is 59.6 Å². The number of benzene rings is 1. The number of nitrogens with one attached hydrogen (secondary N) is 1. The zero-order valence-corrected chi connectivity index (χ0v) is 11.8. The topological polar surface area (TPSA) is 25.0 Å². The lowest BCUT2D eigenvalue weighted by Gasteiger charge is -2.33. The molecule has 0 saturated heterocycles. The summed E-state index contributed by atoms with van der Waals surface area (Å²) in [7, 11) is 0. The third kappa shape index (κ3) is 1.53. The van der Waals surface area contributed by atoms with Crippen LogP contribution in [-0.4, -0.2) is 4.98 Å². The minimum Gasteiger partial charge on any atom is -0.445 e. The van der Waals surface area contributed by atoms with Crippen LogP contribution in [0.5, 0.6) is 5.88 Å². The lowest BCUT2D eigenvalue weighted by Crippen LogP contribution is -2.28. The van der Waals surface area contributed by atoms with E-state index >= 15 is 0 Å². The van der Waals surface area contributed by atoms with Gasteiger partial charge in [-0.15, -0.1) is 0 Å². The Morgan fingerprint density at radius 3 is 3.10 bits per heavy atom. The Bertz CT molecular complexity index is 777. The van der Waals surface area contributed by atoms with Gasteiger partial charge in [-0.1, -0.05) is 42.5 Å². The SMILES string of the molecule is C1=CC2CC3C=C(Oc4cc5ccccc5[nH]4)C2(C=C1)C3. The number of aromatic amines is 1. The summed E-state index contributed by atoms with van der Waals surface area (Å²) in [6.07, 6.45) is 13.9. The minimum absolute atomic E-state index is 0.108. The summed E-state index contributed by atoms with van der Waals surface area (Å²) in [4.78, 5) is 3.37. The Balaban J connectivity index is 1.52. The lowest BCUT2D eigenvalue weighted by molar-refractivity contribution is 0.253. The van der Waals surface area contributed by atoms with Crippen LogP contribution in [0.3, 0.4) is 0 Å². The molecular formula is C19H17NO. The summed E-state index contributed by atoms with van der Waals surface area (Å²) in [5, 5.41) is 1.20. The van der Waals surface area contributed by atoms with Crippen molar-refractivity contribution in [2.24, 2.45) is 17.3 Å². The fraction of sp³-hybridized carbons (Fsp3) is 0.263. The van der Waals surface area contributed by atoms with E-state index in [0.29, 0.717) is 11.8 Å². The van der Waals surface area contributed by atoms with Gasteiger partial charge in [0.1, 0.15) is 5.76 Å². The predicted octanol–water partition coefficient (Wildman–Crippen LogP) is 4.58. The molecule has 1 aromatic heterocycles. The van der Waals surface area contributed by atoms with Crippen LogP contribution in [0.2, 0.25) is 0 Å². The molecule has 21 heavy (non-hydrogen) atoms. The molecule has 5 rings (SSSR count). The summed E-state index contributed by atoms with van der Waals surface area (Å²) in [5.41, 5.74) is 1.24. The maximum absolute atomic E-state index is 6.27. The first-order chi connectivity index (χ1) is 10.3. The van der Waals surface area contributed by atoms with Crippen molar-refractivity contribution in [2.75, 3.05) is 0 Å². The highest BCUT2D eigenvalue weighted by atomic mass is 16.5. The summed E-state index contributed by atoms with van der Waals surface area (Å²) in [5.74, 6) is 3.26. The molecule has 1 fully saturated rings. The zero-order valence-electron chi connectivity index (χ0n) is 11.8. The molecule has 104 valence electrons. The smallest absolute Gasteiger partial charge is 0.198 e. The number of fused-ring (bicyclic) bond motifs is 2. The van der Waals surface area contributed by atoms with Crippen LogP contribution >= 0.6 is 0 Å². The van der Waals surface area contributed by atoms with E-state index in [4.69, 9.17) is 4.74 Å². The fourth-order valence-corrected chi connectivity index (χ4v) is 4.28. The summed E-state index contributed by atoms with van der Waals surface area (Å²) in [6.45, 7) is 0. The standard InChI is InChI=1S/C19H17NO/c1-2-7-16-14(5-1)11-18(20-16)21-17-10-13-9-15-6-3-4-8-19(15,17)12-13/h1-8,10-11,13,15,20H,9,12H2. The van der Waals surface area contributed by atoms with Crippen LogP contribution < -0.4 is 4.74 Å². The number of ether oxygens (including phenoxy) is 1. The Morgan fingerprint density at radius 1 is 1.19 bits per heavy atom. The Morgan fingerprint density at radius 2 is 2.14 bits per heavy atom. The molecule has 3 unspecified atom stereocenters. The molecule has 2 nitrogen and oxygen atoms in total. The number of H-pyrrole nitrogens is 1. The van der Waals surface area contributed by atoms with Crippen molar-refractivity contribution in [1.29, 1.82) is 0 Å². The molecule has 2 heteroatoms. The van der Waals surface area contributed by atoms with E-state index in [1.807, 2.05) is 6.07 Å². The molecule has 1 N–H and O–H groups in total. The average molecular weight is 275 g/mol. The second-order valence-electron chi connectivity index (χ2n) is 6.44. The Labute approximate surface area is 123 Å². The highest BCUT2D eigenvalue weighted by Gasteiger charge is 2.53. The summed E-state index contributed by atoms with van der Waals surface area (Å²) < 4.78 is 6.27. The van der Waals surface area contributed by atoms with Crippen LogP contribution in [0.15, 0.2) is 66.5 Å². The summed E-state index contributed by atoms with van der Waals surface area (Å²) in [6, 6.07) is 10.4. The first-order valence-corrected chi connectivity index (χ1v) is 7.67. The van der Waals surface area contributed by atoms with Crippen molar-refractivity contribution in [3.63, 3.8) is 0 Å². The average Bonchev–Trinajstić information content (AvgIpc) is 3.15. The van der Waals surface area contributed by atoms with Gasteiger partial charge in [-0.3, -0.25) is 0 Å². The molecule has 2 bridgehead atoms. The number of para-hydroxylation sites is 1. The van der Waals surface area contributed by atoms with Gasteiger partial charge >= 0.3 is 0 Å². The van der Waals surface area contributed by atoms with E-state index in [1.54, 1.807) is 0 Å². The molecule has 1 spiro atoms. The third-order valence-electron chi connectivity index (χ3n) is 5.24. The number of hydrogen-bond donors (Lipinski definition) is 1. The van der Waals surface area contributed by atoms with Crippen LogP contribution in [-0.2, 0) is 0 Å². The van der Waals surface area contributed by atoms with E-state index in [0.717, 1.165) is 17.2 Å². The maximum atomic E-state index is 6.27. The van der Waals surface area contributed by atoms with Crippen LogP contribution in [0.1, 0.15) is 12.8 Å². The van der Waals surface area contributed by atoms with Gasteiger partial charge in [0.2, 0.25) is 0 Å². The first kappa shape index (κ1) is 11.4. The van der Waals surface area contributed by atoms with Gasteiger partial charge in [0.15, 0.2) is 5.88 Å². The van der Waals surface area contributed by atoms with Gasteiger partial charge in [0.05, 0.1) is 5.41 Å². The molecule has 0 radical (unpaired) electrons. The zero-order chi connectivity index (χ0) is 13.9. The lowest BCUT2D eigenvalue weighted by atomic mass is 9.74. The highest BCUT2D eigenvalue weighted by Crippen LogP contribution is 2.59. The van der Waals surface area contributed by atoms with Gasteiger partial charge in [-0.05, 0) is 36.8 Å². The number of rotatable bonds is 2. The van der Waals surface area contributed by atoms with E-state index in [9.17, 15) is 0 Å². The van der Waals surface area contributed by atoms with Gasteiger partial charge in [0, 0.05) is 17.0 Å². The van der Waals surface area contributed by atoms with Gasteiger partial charge in [0.25, 0.3) is 0 Å². The van der Waals surface area contributed by atoms with E-state index in [1.165, 1.54) is 18.2 Å². The van der Waals surface area contributed by atoms with Crippen molar-refractivity contribution in [2.45, 2.75) is 12.8 Å². The molecule has 3 aliphatic carbocycles. The van der Waals surface area contributed by atoms with Crippen LogP contribution in [0, 0.1) is 17.3 Å². The second kappa shape index (κ2) is 3.91. The third-order valence-corrected chi connectivity index (χ3v) is 5.24. The van der Waals surface area contributed by atoms with Gasteiger partial charge in [-0.2, -0.15) is 0 Å². The largest absolute Gasteiger partial charge is 0.445 e. The normalized spacial score (nSPS) is 32.5. The van der Waals surface area contributed by atoms with Crippen LogP contribution in [0.25, 0.3) is 10.9 Å². The molecule has 1 saturated carbocycles. The number of aromatic nitrogens is 1. The van der Waals surface area contributed by atoms with Crippen molar-refractivity contribution in [1.82, 2.24) is 4.98 Å². The molecule has 2 aromatic rings.